The van der Waals surface area contributed by atoms with Crippen LogP contribution in [0.1, 0.15) is 104 Å². The molecule has 0 fully saturated rings. The van der Waals surface area contributed by atoms with Crippen molar-refractivity contribution in [1.82, 2.24) is 0 Å². The summed E-state index contributed by atoms with van der Waals surface area (Å²) in [4.78, 5) is 17.3. The number of ether oxygens (including phenoxy) is 3. The fraction of sp³-hybridized carbons (Fsp3) is 0.419. The van der Waals surface area contributed by atoms with E-state index in [1.165, 1.54) is 71.2 Å². The van der Waals surface area contributed by atoms with Crippen molar-refractivity contribution in [3.8, 4) is 21.3 Å². The summed E-state index contributed by atoms with van der Waals surface area (Å²) in [5.41, 5.74) is 0. The predicted molar refractivity (Wildman–Crippen MR) is 225 cm³/mol. The van der Waals surface area contributed by atoms with Crippen LogP contribution in [0, 0.1) is 19.7 Å². The molecule has 0 radical (unpaired) electrons. The highest BCUT2D eigenvalue weighted by Gasteiger charge is 2.27. The van der Waals surface area contributed by atoms with Crippen LogP contribution in [0.25, 0.3) is 61.6 Å². The SMILES string of the molecule is CCCCCCCCCCCCOC(=O)c1sc2c(C)sc(-c3cc4cc5c(OCC)c6cc7sc(C)cc7cc6c(OCC)c5cc4s3)c2c1F. The number of fused-ring (bicyclic) bond motifs is 5. The zero-order valence-electron chi connectivity index (χ0n) is 30.8. The number of thiophene rings is 4. The van der Waals surface area contributed by atoms with E-state index in [-0.39, 0.29) is 4.88 Å². The molecular formula is C43H47FO4S4. The summed E-state index contributed by atoms with van der Waals surface area (Å²) in [5.74, 6) is 0.700. The van der Waals surface area contributed by atoms with Gasteiger partial charge in [0, 0.05) is 51.0 Å². The van der Waals surface area contributed by atoms with E-state index in [1.807, 2.05) is 20.8 Å². The highest BCUT2D eigenvalue weighted by atomic mass is 32.1. The van der Waals surface area contributed by atoms with E-state index in [0.717, 1.165) is 81.7 Å². The average Bonchev–Trinajstić information content (AvgIpc) is 3.89. The summed E-state index contributed by atoms with van der Waals surface area (Å²) in [6, 6.07) is 13.2. The standard InChI is InChI=1S/C43H47FO4S4/c1-6-9-10-11-12-13-14-15-16-17-18-48-43(45)42-37(44)36-40(52-42)26(5)50-41(36)35-22-28-21-30-32(24-34(28)51-35)38(46-7-2)29-20-27-19-25(4)49-33(27)23-31(29)39(30)47-8-3/h19-24H,6-18H2,1-5H3. The van der Waals surface area contributed by atoms with Gasteiger partial charge in [0.2, 0.25) is 0 Å². The number of aryl methyl sites for hydroxylation is 2. The minimum Gasteiger partial charge on any atom is -0.493 e. The molecule has 3 aromatic carbocycles. The van der Waals surface area contributed by atoms with E-state index < -0.39 is 11.8 Å². The van der Waals surface area contributed by atoms with Crippen LogP contribution in [-0.4, -0.2) is 25.8 Å². The van der Waals surface area contributed by atoms with Crippen LogP contribution >= 0.6 is 45.3 Å². The molecule has 9 heteroatoms. The second-order valence-electron chi connectivity index (χ2n) is 13.6. The molecule has 0 spiro atoms. The molecule has 4 heterocycles. The lowest BCUT2D eigenvalue weighted by Crippen LogP contribution is -2.06. The molecule has 0 unspecified atom stereocenters. The molecule has 7 rings (SSSR count). The van der Waals surface area contributed by atoms with Crippen molar-refractivity contribution in [3.05, 3.63) is 56.8 Å². The Bertz CT molecular complexity index is 2280. The summed E-state index contributed by atoms with van der Waals surface area (Å²) in [6.07, 6.45) is 12.1. The molecule has 0 bridgehead atoms. The zero-order valence-corrected chi connectivity index (χ0v) is 34.1. The van der Waals surface area contributed by atoms with Gasteiger partial charge in [-0.15, -0.1) is 45.3 Å². The fourth-order valence-corrected chi connectivity index (χ4v) is 11.8. The molecule has 0 aliphatic carbocycles. The van der Waals surface area contributed by atoms with Crippen molar-refractivity contribution in [2.24, 2.45) is 0 Å². The summed E-state index contributed by atoms with van der Waals surface area (Å²) in [7, 11) is 0. The van der Waals surface area contributed by atoms with Crippen LogP contribution in [0.3, 0.4) is 0 Å². The molecule has 0 saturated carbocycles. The van der Waals surface area contributed by atoms with Crippen molar-refractivity contribution in [2.75, 3.05) is 19.8 Å². The molecule has 0 aliphatic heterocycles. The molecule has 0 N–H and O–H groups in total. The first-order chi connectivity index (χ1) is 25.3. The van der Waals surface area contributed by atoms with E-state index in [0.29, 0.717) is 25.2 Å². The number of hydrogen-bond donors (Lipinski definition) is 0. The number of unbranched alkanes of at least 4 members (excludes halogenated alkanes) is 9. The first-order valence-corrected chi connectivity index (χ1v) is 22.1. The van der Waals surface area contributed by atoms with Gasteiger partial charge in [-0.1, -0.05) is 64.7 Å². The highest BCUT2D eigenvalue weighted by molar-refractivity contribution is 7.30. The Hall–Kier alpha value is -3.24. The van der Waals surface area contributed by atoms with Gasteiger partial charge in [-0.05, 0) is 81.3 Å². The molecule has 0 amide bonds. The Morgan fingerprint density at radius 2 is 1.21 bits per heavy atom. The van der Waals surface area contributed by atoms with Gasteiger partial charge < -0.3 is 14.2 Å². The summed E-state index contributed by atoms with van der Waals surface area (Å²) >= 11 is 6.23. The minimum atomic E-state index is -0.554. The number of carbonyl (C=O) groups is 1. The van der Waals surface area contributed by atoms with Crippen LogP contribution in [0.2, 0.25) is 0 Å². The molecule has 52 heavy (non-hydrogen) atoms. The molecule has 7 aromatic rings. The lowest BCUT2D eigenvalue weighted by atomic mass is 9.98. The predicted octanol–water partition coefficient (Wildman–Crippen LogP) is 15.0. The van der Waals surface area contributed by atoms with Crippen molar-refractivity contribution < 1.29 is 23.4 Å². The van der Waals surface area contributed by atoms with Gasteiger partial charge in [-0.3, -0.25) is 0 Å². The third-order valence-corrected chi connectivity index (χ3v) is 14.6. The van der Waals surface area contributed by atoms with Gasteiger partial charge >= 0.3 is 5.97 Å². The van der Waals surface area contributed by atoms with Crippen molar-refractivity contribution >= 4 is 103 Å². The Kier molecular flexibility index (Phi) is 11.7. The van der Waals surface area contributed by atoms with E-state index in [1.54, 1.807) is 34.0 Å². The van der Waals surface area contributed by atoms with Crippen molar-refractivity contribution in [2.45, 2.75) is 98.8 Å². The maximum Gasteiger partial charge on any atom is 0.351 e. The number of hydrogen-bond acceptors (Lipinski definition) is 8. The second-order valence-corrected chi connectivity index (χ2v) is 18.2. The van der Waals surface area contributed by atoms with Gasteiger partial charge in [0.15, 0.2) is 5.82 Å². The Morgan fingerprint density at radius 3 is 1.83 bits per heavy atom. The van der Waals surface area contributed by atoms with Crippen LogP contribution < -0.4 is 9.47 Å². The van der Waals surface area contributed by atoms with E-state index in [2.05, 4.69) is 50.2 Å². The van der Waals surface area contributed by atoms with Crippen LogP contribution in [0.15, 0.2) is 36.4 Å². The molecule has 0 aliphatic rings. The van der Waals surface area contributed by atoms with Crippen LogP contribution in [0.4, 0.5) is 4.39 Å². The van der Waals surface area contributed by atoms with E-state index in [9.17, 15) is 4.79 Å². The zero-order chi connectivity index (χ0) is 36.4. The Morgan fingerprint density at radius 1 is 0.654 bits per heavy atom. The maximum atomic E-state index is 16.2. The third-order valence-electron chi connectivity index (χ3n) is 9.78. The van der Waals surface area contributed by atoms with Gasteiger partial charge in [0.1, 0.15) is 16.4 Å². The van der Waals surface area contributed by atoms with Gasteiger partial charge in [-0.25, -0.2) is 9.18 Å². The van der Waals surface area contributed by atoms with Gasteiger partial charge in [-0.2, -0.15) is 0 Å². The maximum absolute atomic E-state index is 16.2. The fourth-order valence-electron chi connectivity index (χ4n) is 7.30. The second kappa shape index (κ2) is 16.4. The summed E-state index contributed by atoms with van der Waals surface area (Å²) in [6.45, 7) is 11.8. The van der Waals surface area contributed by atoms with Crippen molar-refractivity contribution in [1.29, 1.82) is 0 Å². The summed E-state index contributed by atoms with van der Waals surface area (Å²) in [5, 5.41) is 6.90. The molecule has 4 nitrogen and oxygen atoms in total. The van der Waals surface area contributed by atoms with E-state index in [4.69, 9.17) is 14.2 Å². The van der Waals surface area contributed by atoms with E-state index >= 15 is 4.39 Å². The molecule has 0 atom stereocenters. The minimum absolute atomic E-state index is 0.0746. The monoisotopic (exact) mass is 774 g/mol. The number of halogens is 1. The largest absolute Gasteiger partial charge is 0.493 e. The molecular weight excluding hydrogens is 728 g/mol. The number of esters is 1. The number of rotatable bonds is 17. The first-order valence-electron chi connectivity index (χ1n) is 18.8. The van der Waals surface area contributed by atoms with Gasteiger partial charge in [0.25, 0.3) is 0 Å². The molecule has 4 aromatic heterocycles. The van der Waals surface area contributed by atoms with Gasteiger partial charge in [0.05, 0.1) is 29.4 Å². The molecule has 0 saturated heterocycles. The first kappa shape index (κ1) is 37.1. The number of benzene rings is 3. The lowest BCUT2D eigenvalue weighted by Gasteiger charge is -2.17. The Labute approximate surface area is 321 Å². The highest BCUT2D eigenvalue weighted by Crippen LogP contribution is 2.51. The summed E-state index contributed by atoms with van der Waals surface area (Å²) < 4.78 is 37.7. The average molecular weight is 775 g/mol. The van der Waals surface area contributed by atoms with Crippen molar-refractivity contribution in [3.63, 3.8) is 0 Å². The Balaban J connectivity index is 1.17. The topological polar surface area (TPSA) is 44.8 Å². The molecule has 274 valence electrons. The lowest BCUT2D eigenvalue weighted by molar-refractivity contribution is 0.0499. The van der Waals surface area contributed by atoms with Crippen LogP contribution in [-0.2, 0) is 4.74 Å². The number of carbonyl (C=O) groups excluding carboxylic acids is 1. The van der Waals surface area contributed by atoms with Crippen LogP contribution in [0.5, 0.6) is 11.5 Å². The smallest absolute Gasteiger partial charge is 0.351 e. The third kappa shape index (κ3) is 7.31. The quantitative estimate of drug-likeness (QED) is 0.0525. The normalized spacial score (nSPS) is 12.0.